The van der Waals surface area contributed by atoms with Crippen molar-refractivity contribution in [3.05, 3.63) is 45.7 Å². The molecule has 3 rings (SSSR count). The fraction of sp³-hybridized carbons (Fsp3) is 0.467. The van der Waals surface area contributed by atoms with Gasteiger partial charge in [0.25, 0.3) is 0 Å². The highest BCUT2D eigenvalue weighted by Gasteiger charge is 2.35. The summed E-state index contributed by atoms with van der Waals surface area (Å²) in [5.74, 6) is 0. The zero-order valence-electron chi connectivity index (χ0n) is 11.5. The molecule has 106 valence electrons. The van der Waals surface area contributed by atoms with Crippen LogP contribution in [0.4, 0.5) is 0 Å². The van der Waals surface area contributed by atoms with E-state index in [0.29, 0.717) is 13.0 Å². The van der Waals surface area contributed by atoms with E-state index >= 15 is 0 Å². The normalized spacial score (nSPS) is 16.9. The number of aliphatic hydroxyl groups is 1. The Bertz CT molecular complexity index is 619. The first-order valence-corrected chi connectivity index (χ1v) is 7.70. The van der Waals surface area contributed by atoms with Crippen molar-refractivity contribution in [2.24, 2.45) is 0 Å². The summed E-state index contributed by atoms with van der Waals surface area (Å²) in [6.07, 6.45) is 5.42. The highest BCUT2D eigenvalue weighted by atomic mass is 79.9. The Morgan fingerprint density at radius 3 is 2.90 bits per heavy atom. The standard InChI is InChI=1S/C15H18BrN3O/c1-11-4-2-5-12(14(11)16)9-19-10-13(17-18-19)8-15(20)6-3-7-15/h2,4-5,10,20H,3,6-9H2,1H3. The average molecular weight is 336 g/mol. The molecule has 5 heteroatoms. The van der Waals surface area contributed by atoms with E-state index < -0.39 is 5.60 Å². The lowest BCUT2D eigenvalue weighted by atomic mass is 9.77. The summed E-state index contributed by atoms with van der Waals surface area (Å²) in [6.45, 7) is 2.76. The van der Waals surface area contributed by atoms with Crippen LogP contribution in [0.3, 0.4) is 0 Å². The Morgan fingerprint density at radius 1 is 1.40 bits per heavy atom. The lowest BCUT2D eigenvalue weighted by molar-refractivity contribution is -0.0330. The van der Waals surface area contributed by atoms with Gasteiger partial charge in [-0.2, -0.15) is 0 Å². The van der Waals surface area contributed by atoms with Gasteiger partial charge in [-0.3, -0.25) is 0 Å². The van der Waals surface area contributed by atoms with Gasteiger partial charge in [0.2, 0.25) is 0 Å². The molecule has 1 N–H and O–H groups in total. The van der Waals surface area contributed by atoms with E-state index in [1.807, 2.05) is 16.9 Å². The van der Waals surface area contributed by atoms with Gasteiger partial charge >= 0.3 is 0 Å². The molecule has 0 amide bonds. The molecule has 0 saturated heterocycles. The maximum atomic E-state index is 10.2. The van der Waals surface area contributed by atoms with Gasteiger partial charge in [0.15, 0.2) is 0 Å². The highest BCUT2D eigenvalue weighted by Crippen LogP contribution is 2.34. The number of benzene rings is 1. The Morgan fingerprint density at radius 2 is 2.20 bits per heavy atom. The molecule has 0 radical (unpaired) electrons. The fourth-order valence-electron chi connectivity index (χ4n) is 2.60. The largest absolute Gasteiger partial charge is 0.389 e. The lowest BCUT2D eigenvalue weighted by Crippen LogP contribution is -2.39. The second-order valence-corrected chi connectivity index (χ2v) is 6.50. The van der Waals surface area contributed by atoms with E-state index in [4.69, 9.17) is 0 Å². The maximum Gasteiger partial charge on any atom is 0.0855 e. The minimum atomic E-state index is -0.537. The van der Waals surface area contributed by atoms with E-state index in [1.165, 1.54) is 11.1 Å². The Hall–Kier alpha value is -1.20. The van der Waals surface area contributed by atoms with Gasteiger partial charge in [0, 0.05) is 17.1 Å². The molecule has 2 aromatic rings. The lowest BCUT2D eigenvalue weighted by Gasteiger charge is -2.35. The summed E-state index contributed by atoms with van der Waals surface area (Å²) in [7, 11) is 0. The molecule has 0 spiro atoms. The van der Waals surface area contributed by atoms with Gasteiger partial charge in [-0.25, -0.2) is 4.68 Å². The highest BCUT2D eigenvalue weighted by molar-refractivity contribution is 9.10. The molecule has 0 bridgehead atoms. The van der Waals surface area contributed by atoms with Crippen molar-refractivity contribution in [1.82, 2.24) is 15.0 Å². The van der Waals surface area contributed by atoms with Crippen LogP contribution in [-0.4, -0.2) is 25.7 Å². The molecule has 0 unspecified atom stereocenters. The van der Waals surface area contributed by atoms with E-state index in [2.05, 4.69) is 45.3 Å². The molecule has 1 aromatic carbocycles. The average Bonchev–Trinajstić information content (AvgIpc) is 2.80. The second kappa shape index (κ2) is 5.30. The van der Waals surface area contributed by atoms with Crippen molar-refractivity contribution in [3.8, 4) is 0 Å². The molecule has 4 nitrogen and oxygen atoms in total. The Balaban J connectivity index is 1.72. The first-order valence-electron chi connectivity index (χ1n) is 6.91. The van der Waals surface area contributed by atoms with Gasteiger partial charge in [-0.15, -0.1) is 5.10 Å². The van der Waals surface area contributed by atoms with Crippen LogP contribution in [0.15, 0.2) is 28.9 Å². The number of nitrogens with zero attached hydrogens (tertiary/aromatic N) is 3. The molecular formula is C15H18BrN3O. The third-order valence-electron chi connectivity index (χ3n) is 3.98. The maximum absolute atomic E-state index is 10.2. The number of hydrogen-bond acceptors (Lipinski definition) is 3. The summed E-state index contributed by atoms with van der Waals surface area (Å²) in [6, 6.07) is 6.20. The van der Waals surface area contributed by atoms with Crippen molar-refractivity contribution >= 4 is 15.9 Å². The van der Waals surface area contributed by atoms with Gasteiger partial charge in [-0.1, -0.05) is 39.3 Å². The van der Waals surface area contributed by atoms with Gasteiger partial charge in [0.05, 0.1) is 17.8 Å². The van der Waals surface area contributed by atoms with Crippen molar-refractivity contribution in [2.45, 2.75) is 44.8 Å². The van der Waals surface area contributed by atoms with Crippen LogP contribution < -0.4 is 0 Å². The minimum absolute atomic E-state index is 0.537. The third-order valence-corrected chi connectivity index (χ3v) is 5.12. The van der Waals surface area contributed by atoms with Crippen molar-refractivity contribution in [3.63, 3.8) is 0 Å². The topological polar surface area (TPSA) is 50.9 Å². The molecule has 1 fully saturated rings. The quantitative estimate of drug-likeness (QED) is 0.934. The predicted octanol–water partition coefficient (Wildman–Crippen LogP) is 2.85. The molecule has 0 atom stereocenters. The number of aryl methyl sites for hydroxylation is 1. The first-order chi connectivity index (χ1) is 9.56. The summed E-state index contributed by atoms with van der Waals surface area (Å²) in [5, 5.41) is 18.5. The number of rotatable bonds is 4. The molecule has 1 saturated carbocycles. The summed E-state index contributed by atoms with van der Waals surface area (Å²) in [4.78, 5) is 0. The van der Waals surface area contributed by atoms with Crippen LogP contribution in [0, 0.1) is 6.92 Å². The first kappa shape index (κ1) is 13.8. The van der Waals surface area contributed by atoms with Crippen molar-refractivity contribution in [2.75, 3.05) is 0 Å². The van der Waals surface area contributed by atoms with Gasteiger partial charge in [-0.05, 0) is 37.3 Å². The molecular weight excluding hydrogens is 318 g/mol. The summed E-state index contributed by atoms with van der Waals surface area (Å²) < 4.78 is 2.95. The summed E-state index contributed by atoms with van der Waals surface area (Å²) in [5.41, 5.74) is 2.73. The molecule has 1 aromatic heterocycles. The van der Waals surface area contributed by atoms with Crippen LogP contribution in [-0.2, 0) is 13.0 Å². The number of aromatic nitrogens is 3. The zero-order chi connectivity index (χ0) is 14.2. The monoisotopic (exact) mass is 335 g/mol. The minimum Gasteiger partial charge on any atom is -0.389 e. The van der Waals surface area contributed by atoms with Crippen LogP contribution in [0.25, 0.3) is 0 Å². The van der Waals surface area contributed by atoms with Crippen LogP contribution >= 0.6 is 15.9 Å². The smallest absolute Gasteiger partial charge is 0.0855 e. The van der Waals surface area contributed by atoms with E-state index in [1.54, 1.807) is 0 Å². The Labute approximate surface area is 126 Å². The van der Waals surface area contributed by atoms with E-state index in [9.17, 15) is 5.11 Å². The molecule has 0 aliphatic heterocycles. The third kappa shape index (κ3) is 2.79. The van der Waals surface area contributed by atoms with Gasteiger partial charge in [0.1, 0.15) is 0 Å². The molecule has 1 heterocycles. The Kier molecular flexibility index (Phi) is 3.65. The van der Waals surface area contributed by atoms with Crippen molar-refractivity contribution in [1.29, 1.82) is 0 Å². The summed E-state index contributed by atoms with van der Waals surface area (Å²) >= 11 is 3.61. The molecule has 1 aliphatic carbocycles. The zero-order valence-corrected chi connectivity index (χ0v) is 13.1. The van der Waals surface area contributed by atoms with Crippen LogP contribution in [0.2, 0.25) is 0 Å². The number of hydrogen-bond donors (Lipinski definition) is 1. The fourth-order valence-corrected chi connectivity index (χ4v) is 2.99. The van der Waals surface area contributed by atoms with E-state index in [-0.39, 0.29) is 0 Å². The van der Waals surface area contributed by atoms with E-state index in [0.717, 1.165) is 29.4 Å². The second-order valence-electron chi connectivity index (χ2n) is 5.71. The molecule has 20 heavy (non-hydrogen) atoms. The van der Waals surface area contributed by atoms with Crippen LogP contribution in [0.5, 0.6) is 0 Å². The molecule has 1 aliphatic rings. The van der Waals surface area contributed by atoms with Gasteiger partial charge < -0.3 is 5.11 Å². The predicted molar refractivity (Wildman–Crippen MR) is 80.5 cm³/mol. The van der Waals surface area contributed by atoms with Crippen LogP contribution in [0.1, 0.15) is 36.1 Å². The van der Waals surface area contributed by atoms with Crippen molar-refractivity contribution < 1.29 is 5.11 Å². The number of halogens is 1. The SMILES string of the molecule is Cc1cccc(Cn2cc(CC3(O)CCC3)nn2)c1Br.